The Morgan fingerprint density at radius 2 is 1.85 bits per heavy atom. The van der Waals surface area contributed by atoms with Crippen molar-refractivity contribution in [3.05, 3.63) is 82.1 Å². The molecule has 1 saturated heterocycles. The number of halogens is 2. The van der Waals surface area contributed by atoms with Crippen LogP contribution in [0.1, 0.15) is 43.9 Å². The quantitative estimate of drug-likeness (QED) is 0.272. The molecular weight excluding hydrogens is 575 g/mol. The van der Waals surface area contributed by atoms with Crippen molar-refractivity contribution in [1.82, 2.24) is 14.5 Å². The van der Waals surface area contributed by atoms with Gasteiger partial charge in [-0.2, -0.15) is 0 Å². The Bertz CT molecular complexity index is 1590. The fourth-order valence-corrected chi connectivity index (χ4v) is 5.79. The first-order chi connectivity index (χ1) is 19.0. The lowest BCUT2D eigenvalue weighted by Crippen LogP contribution is -2.50. The number of aliphatic hydroxyl groups is 1. The molecule has 208 valence electrons. The summed E-state index contributed by atoms with van der Waals surface area (Å²) < 4.78 is 16.9. The molecule has 4 aromatic rings. The number of nitrogens with one attached hydrogen (secondary N) is 1. The van der Waals surface area contributed by atoms with Crippen molar-refractivity contribution in [3.8, 4) is 11.4 Å². The Balaban J connectivity index is 1.30. The van der Waals surface area contributed by atoms with Gasteiger partial charge in [-0.3, -0.25) is 9.59 Å². The molecule has 3 aromatic carbocycles. The van der Waals surface area contributed by atoms with Gasteiger partial charge in [0.2, 0.25) is 0 Å². The largest absolute Gasteiger partial charge is 0.389 e. The van der Waals surface area contributed by atoms with Gasteiger partial charge in [0.05, 0.1) is 16.6 Å². The van der Waals surface area contributed by atoms with E-state index in [-0.39, 0.29) is 11.9 Å². The molecule has 0 atom stereocenters. The molecule has 9 heteroatoms. The molecule has 0 radical (unpaired) electrons. The summed E-state index contributed by atoms with van der Waals surface area (Å²) in [6.45, 7) is 6.51. The smallest absolute Gasteiger partial charge is 0.313 e. The third-order valence-electron chi connectivity index (χ3n) is 7.51. The van der Waals surface area contributed by atoms with E-state index < -0.39 is 17.4 Å². The minimum atomic E-state index is -0.927. The normalized spacial score (nSPS) is 15.0. The summed E-state index contributed by atoms with van der Waals surface area (Å²) in [5.74, 6) is -1.05. The van der Waals surface area contributed by atoms with Crippen molar-refractivity contribution in [2.75, 3.05) is 18.4 Å². The summed E-state index contributed by atoms with van der Waals surface area (Å²) >= 11 is 3.46. The van der Waals surface area contributed by atoms with Crippen molar-refractivity contribution in [3.63, 3.8) is 0 Å². The summed E-state index contributed by atoms with van der Waals surface area (Å²) in [6.07, 6.45) is 1.26. The molecule has 7 nitrogen and oxygen atoms in total. The Morgan fingerprint density at radius 3 is 2.55 bits per heavy atom. The second-order valence-corrected chi connectivity index (χ2v) is 11.8. The zero-order valence-corrected chi connectivity index (χ0v) is 24.3. The molecular formula is C31H32BrFN4O3. The fourth-order valence-electron chi connectivity index (χ4n) is 5.34. The Kier molecular flexibility index (Phi) is 7.79. The van der Waals surface area contributed by atoms with E-state index in [0.29, 0.717) is 49.4 Å². The van der Waals surface area contributed by atoms with Gasteiger partial charge < -0.3 is 19.9 Å². The second-order valence-electron chi connectivity index (χ2n) is 10.8. The van der Waals surface area contributed by atoms with Crippen molar-refractivity contribution in [1.29, 1.82) is 0 Å². The van der Waals surface area contributed by atoms with Crippen LogP contribution in [0.5, 0.6) is 0 Å². The number of imidazole rings is 1. The average molecular weight is 608 g/mol. The van der Waals surface area contributed by atoms with Crippen LogP contribution in [0.3, 0.4) is 0 Å². The molecule has 2 amide bonds. The number of benzene rings is 3. The Hall–Kier alpha value is -3.56. The zero-order chi connectivity index (χ0) is 28.6. The number of piperidine rings is 1. The number of fused-ring (bicyclic) bond motifs is 1. The van der Waals surface area contributed by atoms with Gasteiger partial charge in [0.15, 0.2) is 0 Å². The maximum atomic E-state index is 13.9. The molecule has 5 rings (SSSR count). The van der Waals surface area contributed by atoms with Crippen LogP contribution in [0.2, 0.25) is 0 Å². The highest BCUT2D eigenvalue weighted by molar-refractivity contribution is 9.10. The number of carbonyl (C=O) groups excluding carboxylic acids is 2. The van der Waals surface area contributed by atoms with Crippen molar-refractivity contribution >= 4 is 44.5 Å². The van der Waals surface area contributed by atoms with Crippen LogP contribution in [0.15, 0.2) is 65.1 Å². The number of rotatable bonds is 5. The molecule has 0 unspecified atom stereocenters. The van der Waals surface area contributed by atoms with E-state index in [9.17, 15) is 19.1 Å². The Morgan fingerprint density at radius 1 is 1.10 bits per heavy atom. The van der Waals surface area contributed by atoms with E-state index in [0.717, 1.165) is 26.7 Å². The topological polar surface area (TPSA) is 87.5 Å². The summed E-state index contributed by atoms with van der Waals surface area (Å²) in [4.78, 5) is 32.2. The van der Waals surface area contributed by atoms with Crippen LogP contribution in [-0.2, 0) is 16.0 Å². The highest BCUT2D eigenvalue weighted by Crippen LogP contribution is 2.32. The maximum absolute atomic E-state index is 13.9. The van der Waals surface area contributed by atoms with Crippen LogP contribution in [0, 0.1) is 12.7 Å². The van der Waals surface area contributed by atoms with E-state index in [1.165, 1.54) is 17.0 Å². The molecule has 1 aromatic heterocycles. The Labute approximate surface area is 241 Å². The summed E-state index contributed by atoms with van der Waals surface area (Å²) in [6, 6.07) is 18.0. The van der Waals surface area contributed by atoms with Gasteiger partial charge in [-0.05, 0) is 75.1 Å². The molecule has 0 bridgehead atoms. The van der Waals surface area contributed by atoms with Crippen molar-refractivity contribution in [2.24, 2.45) is 0 Å². The first-order valence-electron chi connectivity index (χ1n) is 13.4. The van der Waals surface area contributed by atoms with Crippen molar-refractivity contribution < 1.29 is 19.1 Å². The summed E-state index contributed by atoms with van der Waals surface area (Å²) in [7, 11) is 0. The molecule has 1 aliphatic heterocycles. The third-order valence-corrected chi connectivity index (χ3v) is 8.00. The number of nitrogens with zero attached hydrogens (tertiary/aromatic N) is 3. The molecule has 2 heterocycles. The van der Waals surface area contributed by atoms with Crippen LogP contribution in [0.4, 0.5) is 10.1 Å². The van der Waals surface area contributed by atoms with E-state index in [2.05, 4.69) is 26.2 Å². The molecule has 0 spiro atoms. The van der Waals surface area contributed by atoms with Gasteiger partial charge in [0.1, 0.15) is 11.6 Å². The van der Waals surface area contributed by atoms with Gasteiger partial charge in [-0.15, -0.1) is 0 Å². The monoisotopic (exact) mass is 606 g/mol. The lowest BCUT2D eigenvalue weighted by atomic mass is 9.85. The molecule has 0 aliphatic carbocycles. The number of amides is 2. The number of anilines is 1. The van der Waals surface area contributed by atoms with Gasteiger partial charge in [0, 0.05) is 47.3 Å². The fraction of sp³-hybridized carbons (Fsp3) is 0.323. The van der Waals surface area contributed by atoms with Gasteiger partial charge in [-0.1, -0.05) is 40.2 Å². The number of hydrogen-bond acceptors (Lipinski definition) is 4. The predicted octanol–water partition coefficient (Wildman–Crippen LogP) is 6.03. The maximum Gasteiger partial charge on any atom is 0.313 e. The van der Waals surface area contributed by atoms with E-state index in [4.69, 9.17) is 0 Å². The van der Waals surface area contributed by atoms with Gasteiger partial charge in [0.25, 0.3) is 0 Å². The predicted molar refractivity (Wildman–Crippen MR) is 157 cm³/mol. The SMILES string of the molecule is Cc1ccc(-c2nc3cc(F)ccc3n2C(C)C)cc1NC(=O)C(=O)N1CCC(O)(Cc2cccc(Br)c2)CC1. The first-order valence-corrected chi connectivity index (χ1v) is 14.2. The number of likely N-dealkylation sites (tertiary alicyclic amines) is 1. The van der Waals surface area contributed by atoms with E-state index in [1.54, 1.807) is 12.1 Å². The van der Waals surface area contributed by atoms with Crippen LogP contribution in [0.25, 0.3) is 22.4 Å². The number of hydrogen-bond donors (Lipinski definition) is 2. The lowest BCUT2D eigenvalue weighted by Gasteiger charge is -2.38. The van der Waals surface area contributed by atoms with E-state index >= 15 is 0 Å². The molecule has 0 saturated carbocycles. The zero-order valence-electron chi connectivity index (χ0n) is 22.7. The highest BCUT2D eigenvalue weighted by atomic mass is 79.9. The molecule has 40 heavy (non-hydrogen) atoms. The summed E-state index contributed by atoms with van der Waals surface area (Å²) in [5.41, 5.74) is 3.50. The van der Waals surface area contributed by atoms with Crippen molar-refractivity contribution in [2.45, 2.75) is 51.7 Å². The van der Waals surface area contributed by atoms with Crippen LogP contribution >= 0.6 is 15.9 Å². The van der Waals surface area contributed by atoms with Crippen LogP contribution < -0.4 is 5.32 Å². The molecule has 1 fully saturated rings. The second kappa shape index (κ2) is 11.1. The average Bonchev–Trinajstić information content (AvgIpc) is 3.28. The first kappa shape index (κ1) is 28.0. The lowest BCUT2D eigenvalue weighted by molar-refractivity contribution is -0.146. The van der Waals surface area contributed by atoms with Crippen LogP contribution in [-0.4, -0.2) is 50.1 Å². The van der Waals surface area contributed by atoms with Gasteiger partial charge in [-0.25, -0.2) is 9.37 Å². The molecule has 1 aliphatic rings. The van der Waals surface area contributed by atoms with E-state index in [1.807, 2.05) is 61.7 Å². The van der Waals surface area contributed by atoms with Gasteiger partial charge >= 0.3 is 11.8 Å². The minimum Gasteiger partial charge on any atom is -0.389 e. The number of aromatic nitrogens is 2. The minimum absolute atomic E-state index is 0.0625. The molecule has 2 N–H and O–H groups in total. The number of carbonyl (C=O) groups is 2. The standard InChI is InChI=1S/C31H32BrFN4O3/c1-19(2)37-27-10-9-24(33)17-26(27)34-28(37)22-8-7-20(3)25(16-22)35-29(38)30(39)36-13-11-31(40,12-14-36)18-21-5-4-6-23(32)15-21/h4-10,15-17,19,40H,11-14,18H2,1-3H3,(H,35,38). The highest BCUT2D eigenvalue weighted by Gasteiger charge is 2.35. The third kappa shape index (κ3) is 5.81. The summed E-state index contributed by atoms with van der Waals surface area (Å²) in [5, 5.41) is 13.9. The number of aryl methyl sites for hydroxylation is 1.